The van der Waals surface area contributed by atoms with Crippen LogP contribution in [-0.4, -0.2) is 9.67 Å². The van der Waals surface area contributed by atoms with Gasteiger partial charge in [0.1, 0.15) is 0 Å². The summed E-state index contributed by atoms with van der Waals surface area (Å²) in [5, 5.41) is 10.5. The first-order valence-electron chi connectivity index (χ1n) is 5.20. The smallest absolute Gasteiger partial charge is 0.0702 e. The number of aliphatic hydroxyl groups excluding tert-OH is 1. The Morgan fingerprint density at radius 1 is 1.40 bits per heavy atom. The molecule has 3 rings (SSSR count). The topological polar surface area (TPSA) is 25.2 Å². The summed E-state index contributed by atoms with van der Waals surface area (Å²) in [6.07, 6.45) is 4.42. The van der Waals surface area contributed by atoms with Gasteiger partial charge in [0.2, 0.25) is 0 Å². The highest BCUT2D eigenvalue weighted by atomic mass is 79.9. The van der Waals surface area contributed by atoms with Gasteiger partial charge in [-0.15, -0.1) is 0 Å². The maximum Gasteiger partial charge on any atom is 0.0702 e. The van der Waals surface area contributed by atoms with Crippen LogP contribution in [0.2, 0.25) is 0 Å². The highest BCUT2D eigenvalue weighted by Crippen LogP contribution is 2.32. The summed E-state index contributed by atoms with van der Waals surface area (Å²) in [6.45, 7) is 1.20. The van der Waals surface area contributed by atoms with Gasteiger partial charge in [0, 0.05) is 28.2 Å². The first kappa shape index (κ1) is 9.43. The van der Waals surface area contributed by atoms with Gasteiger partial charge in [-0.2, -0.15) is 0 Å². The lowest BCUT2D eigenvalue weighted by Gasteiger charge is -2.15. The van der Waals surface area contributed by atoms with Gasteiger partial charge in [-0.05, 0) is 30.5 Å². The fourth-order valence-corrected chi connectivity index (χ4v) is 3.00. The maximum atomic E-state index is 9.32. The van der Waals surface area contributed by atoms with Gasteiger partial charge < -0.3 is 9.67 Å². The minimum Gasteiger partial charge on any atom is -0.392 e. The summed E-state index contributed by atoms with van der Waals surface area (Å²) in [5.41, 5.74) is 3.74. The van der Waals surface area contributed by atoms with E-state index in [9.17, 15) is 5.11 Å². The molecule has 1 N–H and O–H groups in total. The van der Waals surface area contributed by atoms with Gasteiger partial charge in [-0.3, -0.25) is 0 Å². The Morgan fingerprint density at radius 3 is 3.07 bits per heavy atom. The van der Waals surface area contributed by atoms with E-state index in [1.54, 1.807) is 0 Å². The number of hydrogen-bond donors (Lipinski definition) is 1. The quantitative estimate of drug-likeness (QED) is 0.843. The molecule has 1 aliphatic rings. The molecule has 0 radical (unpaired) electrons. The molecule has 0 amide bonds. The van der Waals surface area contributed by atoms with Crippen molar-refractivity contribution in [3.63, 3.8) is 0 Å². The van der Waals surface area contributed by atoms with Crippen molar-refractivity contribution in [3.8, 4) is 0 Å². The summed E-state index contributed by atoms with van der Waals surface area (Å²) >= 11 is 3.53. The number of halogens is 1. The molecular formula is C12H12BrNO. The van der Waals surface area contributed by atoms with E-state index in [-0.39, 0.29) is 6.61 Å². The Hall–Kier alpha value is -0.800. The predicted octanol–water partition coefficient (Wildman–Crippen LogP) is 2.84. The van der Waals surface area contributed by atoms with Crippen LogP contribution in [0.25, 0.3) is 10.9 Å². The van der Waals surface area contributed by atoms with Crippen molar-refractivity contribution in [2.75, 3.05) is 0 Å². The molecule has 15 heavy (non-hydrogen) atoms. The molecule has 2 nitrogen and oxygen atoms in total. The van der Waals surface area contributed by atoms with E-state index in [1.807, 2.05) is 0 Å². The molecule has 1 aliphatic heterocycles. The molecular weight excluding hydrogens is 254 g/mol. The summed E-state index contributed by atoms with van der Waals surface area (Å²) in [4.78, 5) is 0. The Kier molecular flexibility index (Phi) is 2.11. The predicted molar refractivity (Wildman–Crippen MR) is 63.9 cm³/mol. The van der Waals surface area contributed by atoms with Crippen molar-refractivity contribution in [2.45, 2.75) is 26.0 Å². The molecule has 0 spiro atoms. The Balaban J connectivity index is 2.43. The molecule has 0 aliphatic carbocycles. The number of benzene rings is 1. The number of aryl methyl sites for hydroxylation is 2. The van der Waals surface area contributed by atoms with Crippen LogP contribution in [0.4, 0.5) is 0 Å². The average molecular weight is 266 g/mol. The Morgan fingerprint density at radius 2 is 2.27 bits per heavy atom. The second-order valence-corrected chi connectivity index (χ2v) is 4.99. The van der Waals surface area contributed by atoms with E-state index in [1.165, 1.54) is 22.9 Å². The SMILES string of the molecule is OCc1cn2c3c(cc(Br)cc13)CCC2. The summed E-state index contributed by atoms with van der Waals surface area (Å²) in [7, 11) is 0. The molecule has 3 heteroatoms. The molecule has 1 aromatic heterocycles. The van der Waals surface area contributed by atoms with E-state index in [4.69, 9.17) is 0 Å². The molecule has 2 aromatic rings. The fourth-order valence-electron chi connectivity index (χ4n) is 2.49. The van der Waals surface area contributed by atoms with E-state index in [2.05, 4.69) is 38.8 Å². The second-order valence-electron chi connectivity index (χ2n) is 4.07. The normalized spacial score (nSPS) is 14.8. The van der Waals surface area contributed by atoms with Crippen molar-refractivity contribution >= 4 is 26.8 Å². The van der Waals surface area contributed by atoms with Gasteiger partial charge in [-0.1, -0.05) is 15.9 Å². The van der Waals surface area contributed by atoms with Gasteiger partial charge in [0.05, 0.1) is 12.1 Å². The average Bonchev–Trinajstić information content (AvgIpc) is 2.58. The van der Waals surface area contributed by atoms with Crippen molar-refractivity contribution in [1.82, 2.24) is 4.57 Å². The number of rotatable bonds is 1. The monoisotopic (exact) mass is 265 g/mol. The molecule has 0 saturated heterocycles. The Bertz CT molecular complexity index is 530. The number of nitrogens with zero attached hydrogens (tertiary/aromatic N) is 1. The second kappa shape index (κ2) is 3.35. The van der Waals surface area contributed by atoms with E-state index in [0.29, 0.717) is 0 Å². The summed E-state index contributed by atoms with van der Waals surface area (Å²) in [5.74, 6) is 0. The third kappa shape index (κ3) is 1.34. The molecule has 78 valence electrons. The summed E-state index contributed by atoms with van der Waals surface area (Å²) in [6, 6.07) is 4.30. The first-order chi connectivity index (χ1) is 7.29. The molecule has 0 atom stereocenters. The fraction of sp³-hybridized carbons (Fsp3) is 0.333. The van der Waals surface area contributed by atoms with Crippen molar-refractivity contribution in [3.05, 3.63) is 33.9 Å². The molecule has 2 heterocycles. The molecule has 0 unspecified atom stereocenters. The zero-order valence-electron chi connectivity index (χ0n) is 8.33. The van der Waals surface area contributed by atoms with Crippen LogP contribution < -0.4 is 0 Å². The van der Waals surface area contributed by atoms with Crippen molar-refractivity contribution < 1.29 is 5.11 Å². The van der Waals surface area contributed by atoms with Crippen LogP contribution in [0.5, 0.6) is 0 Å². The van der Waals surface area contributed by atoms with Crippen molar-refractivity contribution in [1.29, 1.82) is 0 Å². The molecule has 0 bridgehead atoms. The minimum atomic E-state index is 0.124. The highest BCUT2D eigenvalue weighted by molar-refractivity contribution is 9.10. The summed E-state index contributed by atoms with van der Waals surface area (Å²) < 4.78 is 3.38. The lowest BCUT2D eigenvalue weighted by Crippen LogP contribution is -2.06. The maximum absolute atomic E-state index is 9.32. The first-order valence-corrected chi connectivity index (χ1v) is 6.00. The van der Waals surface area contributed by atoms with Crippen molar-refractivity contribution in [2.24, 2.45) is 0 Å². The van der Waals surface area contributed by atoms with Crippen LogP contribution in [-0.2, 0) is 19.6 Å². The van der Waals surface area contributed by atoms with Crippen LogP contribution in [0.1, 0.15) is 17.5 Å². The lowest BCUT2D eigenvalue weighted by molar-refractivity contribution is 0.283. The largest absolute Gasteiger partial charge is 0.392 e. The van der Waals surface area contributed by atoms with Gasteiger partial charge in [0.15, 0.2) is 0 Å². The van der Waals surface area contributed by atoms with E-state index >= 15 is 0 Å². The van der Waals surface area contributed by atoms with Gasteiger partial charge >= 0.3 is 0 Å². The van der Waals surface area contributed by atoms with Crippen LogP contribution in [0.3, 0.4) is 0 Å². The molecule has 0 fully saturated rings. The molecule has 1 aromatic carbocycles. The van der Waals surface area contributed by atoms with Crippen LogP contribution in [0.15, 0.2) is 22.8 Å². The number of aliphatic hydroxyl groups is 1. The number of aromatic nitrogens is 1. The van der Waals surface area contributed by atoms with E-state index in [0.717, 1.165) is 23.0 Å². The number of hydrogen-bond acceptors (Lipinski definition) is 1. The van der Waals surface area contributed by atoms with Crippen LogP contribution in [0, 0.1) is 0 Å². The Labute approximate surface area is 96.6 Å². The molecule has 0 saturated carbocycles. The van der Waals surface area contributed by atoms with Gasteiger partial charge in [0.25, 0.3) is 0 Å². The third-order valence-electron chi connectivity index (χ3n) is 3.11. The van der Waals surface area contributed by atoms with E-state index < -0.39 is 0 Å². The standard InChI is InChI=1S/C12H12BrNO/c13-10-4-8-2-1-3-14-6-9(7-15)11(5-10)12(8)14/h4-6,15H,1-3,7H2. The highest BCUT2D eigenvalue weighted by Gasteiger charge is 2.16. The lowest BCUT2D eigenvalue weighted by atomic mass is 10.0. The van der Waals surface area contributed by atoms with Crippen LogP contribution >= 0.6 is 15.9 Å². The minimum absolute atomic E-state index is 0.124. The third-order valence-corrected chi connectivity index (χ3v) is 3.57. The zero-order chi connectivity index (χ0) is 10.4. The van der Waals surface area contributed by atoms with Gasteiger partial charge in [-0.25, -0.2) is 0 Å². The zero-order valence-corrected chi connectivity index (χ0v) is 9.92.